The molecule has 5 rings (SSSR count). The van der Waals surface area contributed by atoms with E-state index in [1.807, 2.05) is 0 Å². The average Bonchev–Trinajstić information content (AvgIpc) is 3.47. The molecule has 0 radical (unpaired) electrons. The predicted molar refractivity (Wildman–Crippen MR) is 142 cm³/mol. The first-order valence-corrected chi connectivity index (χ1v) is 15.0. The largest absolute Gasteiger partial charge is 0.380 e. The SMILES string of the molecule is COC1CNC(Cl)CC1C1CC(C)NCC1C(=O)NC1NC2CN(C(=O)C3CC(C(F)F)NCN3)CC2S1. The Morgan fingerprint density at radius 2 is 1.89 bits per heavy atom. The number of thioether (sulfide) groups is 1. The molecule has 5 aliphatic rings. The standard InChI is InChI=1S/C24H40ClF2N7O3S/c1-11-3-12(13-4-20(25)29-7-18(13)37-2)14(6-28-11)22(35)33-24-32-17-8-34(9-19(17)38-24)23(36)16-5-15(21(26)27)30-10-31-16/h11-21,24,28-32H,3-10H2,1-2H3,(H,33,35). The number of rotatable bonds is 6. The van der Waals surface area contributed by atoms with Gasteiger partial charge in [-0.2, -0.15) is 0 Å². The van der Waals surface area contributed by atoms with Crippen LogP contribution in [-0.2, 0) is 14.3 Å². The minimum absolute atomic E-state index is 0.0165. The number of piperidine rings is 2. The number of methoxy groups -OCH3 is 1. The number of hydrogen-bond acceptors (Lipinski definition) is 9. The number of likely N-dealkylation sites (tertiary alicyclic amines) is 1. The third-order valence-electron chi connectivity index (χ3n) is 8.85. The third kappa shape index (κ3) is 6.24. The molecule has 5 aliphatic heterocycles. The smallest absolute Gasteiger partial charge is 0.253 e. The van der Waals surface area contributed by atoms with Gasteiger partial charge in [-0.25, -0.2) is 8.78 Å². The summed E-state index contributed by atoms with van der Waals surface area (Å²) < 4.78 is 32.0. The second kappa shape index (κ2) is 12.4. The molecular weight excluding hydrogens is 540 g/mol. The van der Waals surface area contributed by atoms with Crippen molar-refractivity contribution in [2.45, 2.75) is 79.1 Å². The summed E-state index contributed by atoms with van der Waals surface area (Å²) in [6.07, 6.45) is -0.766. The molecule has 5 saturated heterocycles. The lowest BCUT2D eigenvalue weighted by Gasteiger charge is -2.45. The Bertz CT molecular complexity index is 852. The minimum Gasteiger partial charge on any atom is -0.380 e. The Kier molecular flexibility index (Phi) is 9.35. The molecule has 5 heterocycles. The second-order valence-electron chi connectivity index (χ2n) is 11.3. The van der Waals surface area contributed by atoms with E-state index in [1.54, 1.807) is 23.8 Å². The fraction of sp³-hybridized carbons (Fsp3) is 0.917. The first-order chi connectivity index (χ1) is 18.2. The van der Waals surface area contributed by atoms with Gasteiger partial charge in [-0.1, -0.05) is 0 Å². The normalized spacial score (nSPS) is 43.7. The highest BCUT2D eigenvalue weighted by Gasteiger charge is 2.47. The van der Waals surface area contributed by atoms with Crippen molar-refractivity contribution in [3.05, 3.63) is 0 Å². The molecule has 5 fully saturated rings. The van der Waals surface area contributed by atoms with Gasteiger partial charge in [0.15, 0.2) is 0 Å². The zero-order valence-electron chi connectivity index (χ0n) is 21.8. The number of carbonyl (C=O) groups excluding carboxylic acids is 2. The number of nitrogens with zero attached hydrogens (tertiary/aromatic N) is 1. The molecule has 2 amide bonds. The van der Waals surface area contributed by atoms with Crippen LogP contribution in [0.4, 0.5) is 8.78 Å². The molecule has 11 unspecified atom stereocenters. The Hall–Kier alpha value is -0.800. The highest BCUT2D eigenvalue weighted by atomic mass is 35.5. The monoisotopic (exact) mass is 579 g/mol. The maximum absolute atomic E-state index is 13.5. The second-order valence-corrected chi connectivity index (χ2v) is 13.1. The topological polar surface area (TPSA) is 119 Å². The first-order valence-electron chi connectivity index (χ1n) is 13.6. The quantitative estimate of drug-likeness (QED) is 0.185. The van der Waals surface area contributed by atoms with Crippen molar-refractivity contribution >= 4 is 35.2 Å². The molecule has 0 aromatic carbocycles. The predicted octanol–water partition coefficient (Wildman–Crippen LogP) is -0.352. The van der Waals surface area contributed by atoms with Gasteiger partial charge in [0.1, 0.15) is 5.50 Å². The molecule has 0 spiro atoms. The average molecular weight is 580 g/mol. The lowest BCUT2D eigenvalue weighted by molar-refractivity contribution is -0.134. The van der Waals surface area contributed by atoms with Crippen molar-refractivity contribution in [1.82, 2.24) is 36.8 Å². The number of halogens is 3. The molecule has 38 heavy (non-hydrogen) atoms. The summed E-state index contributed by atoms with van der Waals surface area (Å²) in [6.45, 7) is 4.66. The maximum atomic E-state index is 13.5. The van der Waals surface area contributed by atoms with E-state index < -0.39 is 18.5 Å². The lowest BCUT2D eigenvalue weighted by atomic mass is 9.70. The molecule has 0 aromatic heterocycles. The van der Waals surface area contributed by atoms with Gasteiger partial charge in [-0.05, 0) is 38.0 Å². The Labute approximate surface area is 231 Å². The molecule has 14 heteroatoms. The van der Waals surface area contributed by atoms with Gasteiger partial charge in [-0.15, -0.1) is 23.4 Å². The van der Waals surface area contributed by atoms with E-state index in [9.17, 15) is 18.4 Å². The van der Waals surface area contributed by atoms with Gasteiger partial charge in [-0.3, -0.25) is 30.9 Å². The van der Waals surface area contributed by atoms with Crippen LogP contribution >= 0.6 is 23.4 Å². The summed E-state index contributed by atoms with van der Waals surface area (Å²) in [6, 6.07) is -1.22. The van der Waals surface area contributed by atoms with Crippen molar-refractivity contribution in [2.24, 2.45) is 17.8 Å². The van der Waals surface area contributed by atoms with Crippen molar-refractivity contribution < 1.29 is 23.1 Å². The number of nitrogens with one attached hydrogen (secondary N) is 6. The minimum atomic E-state index is -2.50. The highest BCUT2D eigenvalue weighted by molar-refractivity contribution is 8.00. The van der Waals surface area contributed by atoms with Crippen LogP contribution in [0.25, 0.3) is 0 Å². The van der Waals surface area contributed by atoms with E-state index in [0.29, 0.717) is 32.2 Å². The third-order valence-corrected chi connectivity index (χ3v) is 10.5. The zero-order valence-corrected chi connectivity index (χ0v) is 23.4. The van der Waals surface area contributed by atoms with E-state index in [1.165, 1.54) is 0 Å². The number of carbonyl (C=O) groups is 2. The number of fused-ring (bicyclic) bond motifs is 1. The summed E-state index contributed by atoms with van der Waals surface area (Å²) in [4.78, 5) is 28.3. The van der Waals surface area contributed by atoms with Gasteiger partial charge >= 0.3 is 0 Å². The summed E-state index contributed by atoms with van der Waals surface area (Å²) in [5, 5.41) is 19.3. The van der Waals surface area contributed by atoms with Gasteiger partial charge < -0.3 is 20.3 Å². The van der Waals surface area contributed by atoms with E-state index in [4.69, 9.17) is 16.3 Å². The van der Waals surface area contributed by atoms with Crippen LogP contribution in [0.3, 0.4) is 0 Å². The molecule has 0 aromatic rings. The zero-order chi connectivity index (χ0) is 27.0. The van der Waals surface area contributed by atoms with Crippen molar-refractivity contribution in [1.29, 1.82) is 0 Å². The summed E-state index contributed by atoms with van der Waals surface area (Å²) in [5.41, 5.74) is -0.360. The van der Waals surface area contributed by atoms with E-state index >= 15 is 0 Å². The molecule has 10 nitrogen and oxygen atoms in total. The highest BCUT2D eigenvalue weighted by Crippen LogP contribution is 2.38. The van der Waals surface area contributed by atoms with Crippen molar-refractivity contribution in [3.8, 4) is 0 Å². The number of alkyl halides is 3. The van der Waals surface area contributed by atoms with Gasteiger partial charge in [0.2, 0.25) is 11.8 Å². The summed E-state index contributed by atoms with van der Waals surface area (Å²) in [7, 11) is 1.72. The Balaban J connectivity index is 1.15. The molecule has 0 saturated carbocycles. The van der Waals surface area contributed by atoms with E-state index in [-0.39, 0.29) is 71.1 Å². The molecule has 0 bridgehead atoms. The lowest BCUT2D eigenvalue weighted by Crippen LogP contribution is -2.59. The maximum Gasteiger partial charge on any atom is 0.253 e. The Morgan fingerprint density at radius 1 is 1.08 bits per heavy atom. The number of hydrogen-bond donors (Lipinski definition) is 6. The van der Waals surface area contributed by atoms with Gasteiger partial charge in [0, 0.05) is 57.3 Å². The van der Waals surface area contributed by atoms with Gasteiger partial charge in [0.25, 0.3) is 6.43 Å². The summed E-state index contributed by atoms with van der Waals surface area (Å²) >= 11 is 8.07. The molecule has 0 aliphatic carbocycles. The fourth-order valence-corrected chi connectivity index (χ4v) is 8.48. The number of ether oxygens (including phenoxy) is 1. The molecule has 216 valence electrons. The van der Waals surface area contributed by atoms with Crippen LogP contribution in [0, 0.1) is 17.8 Å². The molecule has 11 atom stereocenters. The van der Waals surface area contributed by atoms with E-state index in [0.717, 1.165) is 12.8 Å². The van der Waals surface area contributed by atoms with E-state index in [2.05, 4.69) is 38.8 Å². The van der Waals surface area contributed by atoms with Crippen LogP contribution in [0.1, 0.15) is 26.2 Å². The van der Waals surface area contributed by atoms with Crippen LogP contribution in [0.15, 0.2) is 0 Å². The van der Waals surface area contributed by atoms with Crippen LogP contribution in [-0.4, -0.2) is 110 Å². The Morgan fingerprint density at radius 3 is 2.63 bits per heavy atom. The van der Waals surface area contributed by atoms with Crippen LogP contribution in [0.5, 0.6) is 0 Å². The number of amides is 2. The van der Waals surface area contributed by atoms with Crippen molar-refractivity contribution in [2.75, 3.05) is 40.0 Å². The van der Waals surface area contributed by atoms with Gasteiger partial charge in [0.05, 0.1) is 29.6 Å². The fourth-order valence-electron chi connectivity index (χ4n) is 6.78. The van der Waals surface area contributed by atoms with Crippen molar-refractivity contribution in [3.63, 3.8) is 0 Å². The van der Waals surface area contributed by atoms with Crippen LogP contribution < -0.4 is 31.9 Å². The first kappa shape index (κ1) is 28.7. The van der Waals surface area contributed by atoms with Crippen LogP contribution in [0.2, 0.25) is 0 Å². The molecular formula is C24H40ClF2N7O3S. The molecule has 6 N–H and O–H groups in total. The summed E-state index contributed by atoms with van der Waals surface area (Å²) in [5.74, 6) is 0.0508.